The van der Waals surface area contributed by atoms with E-state index in [4.69, 9.17) is 0 Å². The molecule has 1 nitrogen and oxygen atoms in total. The molecule has 1 saturated carbocycles. The van der Waals surface area contributed by atoms with Crippen molar-refractivity contribution in [1.82, 2.24) is 5.32 Å². The minimum Gasteiger partial charge on any atom is -0.317 e. The van der Waals surface area contributed by atoms with E-state index < -0.39 is 0 Å². The van der Waals surface area contributed by atoms with Crippen LogP contribution in [-0.4, -0.2) is 13.1 Å². The highest BCUT2D eigenvalue weighted by atomic mass is 14.9. The Morgan fingerprint density at radius 1 is 1.62 bits per heavy atom. The first kappa shape index (κ1) is 10.8. The lowest BCUT2D eigenvalue weighted by atomic mass is 9.99. The Labute approximate surface area is 82.6 Å². The lowest BCUT2D eigenvalue weighted by Crippen LogP contribution is -2.29. The first-order chi connectivity index (χ1) is 6.11. The summed E-state index contributed by atoms with van der Waals surface area (Å²) in [4.78, 5) is 0. The van der Waals surface area contributed by atoms with E-state index in [-0.39, 0.29) is 0 Å². The quantitative estimate of drug-likeness (QED) is 0.490. The summed E-state index contributed by atoms with van der Waals surface area (Å²) in [6, 6.07) is 0.731. The highest BCUT2D eigenvalue weighted by molar-refractivity contribution is 5.01. The van der Waals surface area contributed by atoms with Crippen molar-refractivity contribution in [1.29, 1.82) is 0 Å². The van der Waals surface area contributed by atoms with Crippen LogP contribution in [0, 0.1) is 11.3 Å². The molecule has 0 amide bonds. The first-order valence-electron chi connectivity index (χ1n) is 5.40. The number of nitrogens with one attached hydrogen (secondary N) is 1. The Morgan fingerprint density at radius 2 is 2.23 bits per heavy atom. The fraction of sp³-hybridized carbons (Fsp3) is 0.833. The van der Waals surface area contributed by atoms with E-state index in [9.17, 15) is 0 Å². The van der Waals surface area contributed by atoms with Gasteiger partial charge in [0.1, 0.15) is 0 Å². The topological polar surface area (TPSA) is 12.0 Å². The molecule has 1 N–H and O–H groups in total. The summed E-state index contributed by atoms with van der Waals surface area (Å²) in [6.45, 7) is 8.49. The molecule has 76 valence electrons. The highest BCUT2D eigenvalue weighted by Gasteiger charge is 2.49. The van der Waals surface area contributed by atoms with Gasteiger partial charge in [-0.2, -0.15) is 0 Å². The average molecular weight is 181 g/mol. The molecule has 0 radical (unpaired) electrons. The molecule has 1 aliphatic rings. The van der Waals surface area contributed by atoms with Gasteiger partial charge in [-0.3, -0.25) is 0 Å². The van der Waals surface area contributed by atoms with Crippen LogP contribution >= 0.6 is 0 Å². The van der Waals surface area contributed by atoms with Crippen molar-refractivity contribution in [2.75, 3.05) is 7.05 Å². The SMILES string of the molecule is C=CCCCC(NC)C1CC1(C)C. The summed E-state index contributed by atoms with van der Waals surface area (Å²) in [6.07, 6.45) is 7.15. The van der Waals surface area contributed by atoms with Crippen LogP contribution in [0.15, 0.2) is 12.7 Å². The van der Waals surface area contributed by atoms with Gasteiger partial charge in [0, 0.05) is 6.04 Å². The van der Waals surface area contributed by atoms with E-state index in [2.05, 4.69) is 32.8 Å². The lowest BCUT2D eigenvalue weighted by molar-refractivity contribution is 0.400. The van der Waals surface area contributed by atoms with Crippen molar-refractivity contribution >= 4 is 0 Å². The molecular formula is C12H23N. The molecule has 0 saturated heterocycles. The van der Waals surface area contributed by atoms with Crippen molar-refractivity contribution in [3.05, 3.63) is 12.7 Å². The van der Waals surface area contributed by atoms with Crippen LogP contribution < -0.4 is 5.32 Å². The molecule has 2 unspecified atom stereocenters. The molecule has 0 bridgehead atoms. The summed E-state index contributed by atoms with van der Waals surface area (Å²) in [7, 11) is 2.09. The molecular weight excluding hydrogens is 158 g/mol. The van der Waals surface area contributed by atoms with Gasteiger partial charge >= 0.3 is 0 Å². The van der Waals surface area contributed by atoms with Crippen LogP contribution in [0.4, 0.5) is 0 Å². The molecule has 2 atom stereocenters. The van der Waals surface area contributed by atoms with Crippen molar-refractivity contribution in [3.63, 3.8) is 0 Å². The van der Waals surface area contributed by atoms with Gasteiger partial charge in [-0.15, -0.1) is 6.58 Å². The summed E-state index contributed by atoms with van der Waals surface area (Å²) < 4.78 is 0. The Morgan fingerprint density at radius 3 is 2.62 bits per heavy atom. The predicted octanol–water partition coefficient (Wildman–Crippen LogP) is 2.98. The van der Waals surface area contributed by atoms with Gasteiger partial charge in [0.05, 0.1) is 0 Å². The minimum atomic E-state index is 0.599. The summed E-state index contributed by atoms with van der Waals surface area (Å²) in [5.41, 5.74) is 0.599. The Kier molecular flexibility index (Phi) is 3.55. The summed E-state index contributed by atoms with van der Waals surface area (Å²) in [5, 5.41) is 3.44. The zero-order chi connectivity index (χ0) is 9.90. The van der Waals surface area contributed by atoms with E-state index in [1.165, 1.54) is 19.3 Å². The van der Waals surface area contributed by atoms with Gasteiger partial charge in [-0.25, -0.2) is 0 Å². The van der Waals surface area contributed by atoms with Gasteiger partial charge in [-0.05, 0) is 44.1 Å². The van der Waals surface area contributed by atoms with Gasteiger partial charge in [0.25, 0.3) is 0 Å². The van der Waals surface area contributed by atoms with Crippen LogP contribution in [0.1, 0.15) is 39.5 Å². The number of allylic oxidation sites excluding steroid dienone is 1. The standard InChI is InChI=1S/C12H23N/c1-5-6-7-8-11(13-4)10-9-12(10,2)3/h5,10-11,13H,1,6-9H2,2-4H3. The molecule has 1 heteroatoms. The molecule has 0 aromatic carbocycles. The maximum absolute atomic E-state index is 3.75. The summed E-state index contributed by atoms with van der Waals surface area (Å²) >= 11 is 0. The van der Waals surface area contributed by atoms with Crippen molar-refractivity contribution < 1.29 is 0 Å². The lowest BCUT2D eigenvalue weighted by Gasteiger charge is -2.17. The van der Waals surface area contributed by atoms with Gasteiger partial charge in [0.2, 0.25) is 0 Å². The third-order valence-corrected chi connectivity index (χ3v) is 3.37. The average Bonchev–Trinajstić information content (AvgIpc) is 2.69. The van der Waals surface area contributed by atoms with Crippen molar-refractivity contribution in [2.45, 2.75) is 45.6 Å². The maximum atomic E-state index is 3.75. The molecule has 1 rings (SSSR count). The molecule has 0 spiro atoms. The van der Waals surface area contributed by atoms with Crippen molar-refractivity contribution in [3.8, 4) is 0 Å². The fourth-order valence-corrected chi connectivity index (χ4v) is 2.22. The molecule has 0 aromatic heterocycles. The predicted molar refractivity (Wildman–Crippen MR) is 58.8 cm³/mol. The third-order valence-electron chi connectivity index (χ3n) is 3.37. The number of hydrogen-bond donors (Lipinski definition) is 1. The van der Waals surface area contributed by atoms with Gasteiger partial charge in [0.15, 0.2) is 0 Å². The third kappa shape index (κ3) is 2.84. The van der Waals surface area contributed by atoms with Gasteiger partial charge < -0.3 is 5.32 Å². The Balaban J connectivity index is 2.24. The Bertz CT molecular complexity index is 172. The largest absolute Gasteiger partial charge is 0.317 e. The number of unbranched alkanes of at least 4 members (excludes halogenated alkanes) is 1. The number of rotatable bonds is 6. The molecule has 1 fully saturated rings. The Hall–Kier alpha value is -0.300. The van der Waals surface area contributed by atoms with Crippen LogP contribution in [0.25, 0.3) is 0 Å². The zero-order valence-corrected chi connectivity index (χ0v) is 9.27. The van der Waals surface area contributed by atoms with E-state index in [0.717, 1.165) is 18.4 Å². The van der Waals surface area contributed by atoms with E-state index >= 15 is 0 Å². The van der Waals surface area contributed by atoms with Crippen LogP contribution in [-0.2, 0) is 0 Å². The van der Waals surface area contributed by atoms with E-state index in [1.54, 1.807) is 0 Å². The second kappa shape index (κ2) is 4.28. The fourth-order valence-electron chi connectivity index (χ4n) is 2.22. The normalized spacial score (nSPS) is 26.8. The van der Waals surface area contributed by atoms with Crippen LogP contribution in [0.5, 0.6) is 0 Å². The molecule has 0 heterocycles. The molecule has 1 aliphatic carbocycles. The van der Waals surface area contributed by atoms with Crippen LogP contribution in [0.2, 0.25) is 0 Å². The monoisotopic (exact) mass is 181 g/mol. The zero-order valence-electron chi connectivity index (χ0n) is 9.27. The first-order valence-corrected chi connectivity index (χ1v) is 5.40. The van der Waals surface area contributed by atoms with E-state index in [1.807, 2.05) is 6.08 Å². The number of hydrogen-bond acceptors (Lipinski definition) is 1. The molecule has 0 aromatic rings. The summed E-state index contributed by atoms with van der Waals surface area (Å²) in [5.74, 6) is 0.905. The second-order valence-electron chi connectivity index (χ2n) is 4.91. The second-order valence-corrected chi connectivity index (χ2v) is 4.91. The van der Waals surface area contributed by atoms with Gasteiger partial charge in [-0.1, -0.05) is 19.9 Å². The van der Waals surface area contributed by atoms with E-state index in [0.29, 0.717) is 5.41 Å². The molecule has 0 aliphatic heterocycles. The van der Waals surface area contributed by atoms with Crippen LogP contribution in [0.3, 0.4) is 0 Å². The maximum Gasteiger partial charge on any atom is 0.00977 e. The molecule has 13 heavy (non-hydrogen) atoms. The van der Waals surface area contributed by atoms with Crippen molar-refractivity contribution in [2.24, 2.45) is 11.3 Å². The highest BCUT2D eigenvalue weighted by Crippen LogP contribution is 2.54. The minimum absolute atomic E-state index is 0.599. The smallest absolute Gasteiger partial charge is 0.00977 e.